The van der Waals surface area contributed by atoms with Crippen LogP contribution in [-0.4, -0.2) is 129 Å². The first kappa shape index (κ1) is 44.6. The quantitative estimate of drug-likeness (QED) is 0.113. The number of ether oxygens (including phenoxy) is 1. The number of aromatic amines is 1. The Labute approximate surface area is 390 Å². The van der Waals surface area contributed by atoms with Gasteiger partial charge in [0, 0.05) is 101 Å². The number of piperidine rings is 3. The summed E-state index contributed by atoms with van der Waals surface area (Å²) in [4.78, 5) is 63.5. The summed E-state index contributed by atoms with van der Waals surface area (Å²) >= 11 is 0. The number of anilines is 2. The number of amides is 3. The Morgan fingerprint density at radius 1 is 0.910 bits per heavy atom. The number of nitrogens with one attached hydrogen (secondary N) is 3. The lowest BCUT2D eigenvalue weighted by molar-refractivity contribution is -0.133. The van der Waals surface area contributed by atoms with Gasteiger partial charge in [-0.3, -0.25) is 29.5 Å². The molecule has 4 aliphatic rings. The number of likely N-dealkylation sites (tertiary alicyclic amines) is 2. The number of hydrogen-bond donors (Lipinski definition) is 3. The molecule has 67 heavy (non-hydrogen) atoms. The normalized spacial score (nSPS) is 19.9. The number of aryl methyl sites for hydroxylation is 1. The van der Waals surface area contributed by atoms with Crippen molar-refractivity contribution in [1.82, 2.24) is 44.5 Å². The van der Waals surface area contributed by atoms with E-state index in [1.54, 1.807) is 13.3 Å². The molecule has 1 unspecified atom stereocenters. The third-order valence-electron chi connectivity index (χ3n) is 14.7. The number of aromatic nitrogens is 5. The summed E-state index contributed by atoms with van der Waals surface area (Å²) in [6.07, 6.45) is 8.12. The number of piperazine rings is 1. The first-order chi connectivity index (χ1) is 32.6. The summed E-state index contributed by atoms with van der Waals surface area (Å²) in [5, 5.41) is 6.46. The van der Waals surface area contributed by atoms with Crippen molar-refractivity contribution >= 4 is 51.3 Å². The molecule has 15 nitrogen and oxygen atoms in total. The lowest BCUT2D eigenvalue weighted by Crippen LogP contribution is -2.49. The Morgan fingerprint density at radius 3 is 2.42 bits per heavy atom. The number of carbonyl (C=O) groups excluding carboxylic acids is 3. The van der Waals surface area contributed by atoms with Crippen molar-refractivity contribution in [1.29, 1.82) is 0 Å². The number of imidazole rings is 1. The Kier molecular flexibility index (Phi) is 12.8. The number of rotatable bonds is 12. The number of H-pyrrole nitrogens is 1. The number of benzene rings is 2. The molecule has 16 heteroatoms. The van der Waals surface area contributed by atoms with E-state index in [4.69, 9.17) is 9.72 Å². The van der Waals surface area contributed by atoms with Crippen LogP contribution in [0.15, 0.2) is 73.1 Å². The molecule has 2 atom stereocenters. The number of imide groups is 1. The highest BCUT2D eigenvalue weighted by molar-refractivity contribution is 6.01. The highest BCUT2D eigenvalue weighted by Crippen LogP contribution is 2.37. The Balaban J connectivity index is 0.677. The van der Waals surface area contributed by atoms with E-state index < -0.39 is 17.8 Å². The lowest BCUT2D eigenvalue weighted by atomic mass is 9.88. The number of pyridine rings is 2. The minimum absolute atomic E-state index is 0.112. The molecule has 0 spiro atoms. The lowest BCUT2D eigenvalue weighted by Gasteiger charge is -2.39. The number of nitrogens with zero attached hydrogens (tertiary/aromatic N) is 8. The van der Waals surface area contributed by atoms with Gasteiger partial charge in [0.2, 0.25) is 11.8 Å². The zero-order valence-electron chi connectivity index (χ0n) is 38.6. The molecule has 10 rings (SSSR count). The van der Waals surface area contributed by atoms with Crippen molar-refractivity contribution in [3.05, 3.63) is 102 Å². The van der Waals surface area contributed by atoms with E-state index in [-0.39, 0.29) is 24.3 Å². The van der Waals surface area contributed by atoms with Gasteiger partial charge < -0.3 is 29.4 Å². The maximum Gasteiger partial charge on any atom is 0.253 e. The molecule has 0 bridgehead atoms. The third-order valence-corrected chi connectivity index (χ3v) is 14.7. The first-order valence-corrected chi connectivity index (χ1v) is 23.9. The van der Waals surface area contributed by atoms with Crippen LogP contribution in [0.4, 0.5) is 15.9 Å². The zero-order valence-corrected chi connectivity index (χ0v) is 38.6. The van der Waals surface area contributed by atoms with Gasteiger partial charge in [-0.25, -0.2) is 19.3 Å². The Morgan fingerprint density at radius 2 is 1.69 bits per heavy atom. The molecule has 350 valence electrons. The molecule has 0 aliphatic carbocycles. The summed E-state index contributed by atoms with van der Waals surface area (Å²) in [6, 6.07) is 20.2. The van der Waals surface area contributed by atoms with Crippen molar-refractivity contribution in [3.8, 4) is 11.1 Å². The number of carbonyl (C=O) groups is 3. The standard InChI is InChI=1S/C51H60FN11O4/c1-32(45-28-40-39(12-17-53-48(40)59(45)2)37-8-9-42-44(26-37)57-46(56-42)31-67-3)61-20-15-35(16-21-61)34-4-6-36(7-5-34)51(66)63-18-13-33(14-19-63)30-60-22-24-62(25-23-60)49-41(52)27-38(29-54-49)55-43-10-11-47(64)58-50(43)65/h4-9,12,17,26-29,32-33,35,43,55H,10-11,13-16,18-25,30-31H2,1-3H3,(H,56,57)(H,58,64,65)/t32-,43?/m0/s1. The molecule has 4 saturated heterocycles. The second-order valence-corrected chi connectivity index (χ2v) is 18.9. The molecule has 3 N–H and O–H groups in total. The predicted molar refractivity (Wildman–Crippen MR) is 256 cm³/mol. The van der Waals surface area contributed by atoms with E-state index >= 15 is 4.39 Å². The van der Waals surface area contributed by atoms with Gasteiger partial charge >= 0.3 is 0 Å². The van der Waals surface area contributed by atoms with Crippen molar-refractivity contribution in [2.24, 2.45) is 13.0 Å². The monoisotopic (exact) mass is 909 g/mol. The van der Waals surface area contributed by atoms with Crippen molar-refractivity contribution in [2.75, 3.05) is 76.2 Å². The fourth-order valence-electron chi connectivity index (χ4n) is 10.8. The average Bonchev–Trinajstić information content (AvgIpc) is 3.92. The molecule has 2 aromatic carbocycles. The van der Waals surface area contributed by atoms with Crippen LogP contribution in [0.25, 0.3) is 33.2 Å². The average molecular weight is 910 g/mol. The van der Waals surface area contributed by atoms with Gasteiger partial charge in [0.05, 0.1) is 22.9 Å². The van der Waals surface area contributed by atoms with Crippen LogP contribution < -0.4 is 15.5 Å². The largest absolute Gasteiger partial charge is 0.377 e. The number of halogens is 1. The fourth-order valence-corrected chi connectivity index (χ4v) is 10.8. The molecular weight excluding hydrogens is 850 g/mol. The topological polar surface area (TPSA) is 157 Å². The smallest absolute Gasteiger partial charge is 0.253 e. The summed E-state index contributed by atoms with van der Waals surface area (Å²) in [5.74, 6) is 1.07. The van der Waals surface area contributed by atoms with Gasteiger partial charge in [-0.1, -0.05) is 18.2 Å². The minimum atomic E-state index is -0.591. The highest BCUT2D eigenvalue weighted by atomic mass is 19.1. The molecule has 4 aliphatic heterocycles. The van der Waals surface area contributed by atoms with E-state index in [9.17, 15) is 14.4 Å². The molecule has 8 heterocycles. The highest BCUT2D eigenvalue weighted by Gasteiger charge is 2.31. The van der Waals surface area contributed by atoms with E-state index in [0.29, 0.717) is 49.5 Å². The van der Waals surface area contributed by atoms with Gasteiger partial charge in [0.15, 0.2) is 11.6 Å². The maximum absolute atomic E-state index is 15.2. The molecule has 0 radical (unpaired) electrons. The second kappa shape index (κ2) is 19.2. The van der Waals surface area contributed by atoms with Gasteiger partial charge in [0.25, 0.3) is 5.91 Å². The Bertz CT molecular complexity index is 2770. The van der Waals surface area contributed by atoms with Crippen LogP contribution in [0.1, 0.15) is 84.8 Å². The van der Waals surface area contributed by atoms with E-state index in [1.807, 2.05) is 28.1 Å². The molecule has 3 amide bonds. The van der Waals surface area contributed by atoms with Crippen molar-refractivity contribution < 1.29 is 23.5 Å². The van der Waals surface area contributed by atoms with E-state index in [0.717, 1.165) is 116 Å². The van der Waals surface area contributed by atoms with Gasteiger partial charge in [-0.2, -0.15) is 0 Å². The van der Waals surface area contributed by atoms with Crippen LogP contribution >= 0.6 is 0 Å². The summed E-state index contributed by atoms with van der Waals surface area (Å²) in [6.45, 7) is 10.2. The van der Waals surface area contributed by atoms with Crippen molar-refractivity contribution in [2.45, 2.75) is 70.1 Å². The van der Waals surface area contributed by atoms with Crippen LogP contribution in [0.3, 0.4) is 0 Å². The second-order valence-electron chi connectivity index (χ2n) is 18.9. The summed E-state index contributed by atoms with van der Waals surface area (Å²) in [5.41, 5.74) is 8.90. The van der Waals surface area contributed by atoms with Gasteiger partial charge in [-0.05, 0) is 117 Å². The molecule has 6 aromatic rings. The van der Waals surface area contributed by atoms with Crippen LogP contribution in [-0.2, 0) is 28.0 Å². The zero-order chi connectivity index (χ0) is 46.2. The maximum atomic E-state index is 15.2. The molecule has 4 aromatic heterocycles. The van der Waals surface area contributed by atoms with Gasteiger partial charge in [-0.15, -0.1) is 0 Å². The van der Waals surface area contributed by atoms with E-state index in [2.05, 4.69) is 96.4 Å². The third kappa shape index (κ3) is 9.39. The molecule has 0 saturated carbocycles. The van der Waals surface area contributed by atoms with Crippen molar-refractivity contribution in [3.63, 3.8) is 0 Å². The van der Waals surface area contributed by atoms with Crippen LogP contribution in [0, 0.1) is 11.7 Å². The summed E-state index contributed by atoms with van der Waals surface area (Å²) < 4.78 is 22.7. The number of fused-ring (bicyclic) bond motifs is 2. The van der Waals surface area contributed by atoms with Crippen LogP contribution in [0.2, 0.25) is 0 Å². The van der Waals surface area contributed by atoms with E-state index in [1.165, 1.54) is 17.3 Å². The van der Waals surface area contributed by atoms with Crippen LogP contribution in [0.5, 0.6) is 0 Å². The minimum Gasteiger partial charge on any atom is -0.377 e. The SMILES string of the molecule is COCc1nc2ccc(-c3ccnc4c3cc([C@H](C)N3CCC(c5ccc(C(=O)N6CCC(CN7CCN(c8ncc(NC9CCC(=O)NC9=O)cc8F)CC7)CC6)cc5)CC3)n4C)cc2[nH]1. The molecule has 4 fully saturated rings. The summed E-state index contributed by atoms with van der Waals surface area (Å²) in [7, 11) is 3.80. The predicted octanol–water partition coefficient (Wildman–Crippen LogP) is 6.63. The Hall–Kier alpha value is -6.23. The molecular formula is C51H60FN11O4. The number of methoxy groups -OCH3 is 1. The first-order valence-electron chi connectivity index (χ1n) is 23.9. The van der Waals surface area contributed by atoms with Gasteiger partial charge in [0.1, 0.15) is 24.1 Å². The fraction of sp³-hybridized carbons (Fsp3) is 0.451. The number of hydrogen-bond acceptors (Lipinski definition) is 11.